The second-order valence-corrected chi connectivity index (χ2v) is 9.46. The number of imide groups is 2. The van der Waals surface area contributed by atoms with Gasteiger partial charge < -0.3 is 15.0 Å². The standard InChI is InChI=1S/C26H28N6O6/c33-20(29-16-9-13-31(14-10-16)26-27-11-3-12-28-26)6-2-15-38-19-5-1-4-17-22(19)25(37)32(24(17)36)18-7-8-21(34)30-23(18)35/h1,3-5,11-12,16,18H,2,6-10,13-15H2,(H,29,33)(H,30,34,35). The minimum absolute atomic E-state index is 0.0514. The van der Waals surface area contributed by atoms with Crippen LogP contribution in [0.3, 0.4) is 0 Å². The Labute approximate surface area is 218 Å². The van der Waals surface area contributed by atoms with Gasteiger partial charge in [-0.2, -0.15) is 0 Å². The molecule has 38 heavy (non-hydrogen) atoms. The van der Waals surface area contributed by atoms with E-state index in [0.717, 1.165) is 30.8 Å². The van der Waals surface area contributed by atoms with E-state index in [1.807, 2.05) is 0 Å². The first-order valence-corrected chi connectivity index (χ1v) is 12.7. The van der Waals surface area contributed by atoms with Crippen molar-refractivity contribution in [2.75, 3.05) is 24.6 Å². The molecule has 0 bridgehead atoms. The van der Waals surface area contributed by atoms with E-state index in [1.54, 1.807) is 30.6 Å². The van der Waals surface area contributed by atoms with E-state index in [2.05, 4.69) is 25.5 Å². The van der Waals surface area contributed by atoms with Crippen molar-refractivity contribution in [2.45, 2.75) is 50.6 Å². The second-order valence-electron chi connectivity index (χ2n) is 9.46. The van der Waals surface area contributed by atoms with Gasteiger partial charge in [0.15, 0.2) is 0 Å². The molecule has 0 saturated carbocycles. The van der Waals surface area contributed by atoms with Crippen molar-refractivity contribution in [3.63, 3.8) is 0 Å². The molecule has 12 nitrogen and oxygen atoms in total. The van der Waals surface area contributed by atoms with Crippen molar-refractivity contribution in [1.29, 1.82) is 0 Å². The monoisotopic (exact) mass is 520 g/mol. The van der Waals surface area contributed by atoms with Gasteiger partial charge in [-0.25, -0.2) is 9.97 Å². The predicted octanol–water partition coefficient (Wildman–Crippen LogP) is 0.822. The molecule has 2 fully saturated rings. The van der Waals surface area contributed by atoms with Crippen LogP contribution in [-0.2, 0) is 14.4 Å². The van der Waals surface area contributed by atoms with Gasteiger partial charge in [-0.05, 0) is 43.9 Å². The lowest BCUT2D eigenvalue weighted by atomic mass is 10.0. The van der Waals surface area contributed by atoms with Crippen LogP contribution < -0.4 is 20.3 Å². The third-order valence-electron chi connectivity index (χ3n) is 6.93. The average Bonchev–Trinajstić information content (AvgIpc) is 3.18. The topological polar surface area (TPSA) is 151 Å². The largest absolute Gasteiger partial charge is 0.493 e. The average molecular weight is 521 g/mol. The predicted molar refractivity (Wildman–Crippen MR) is 133 cm³/mol. The van der Waals surface area contributed by atoms with E-state index in [4.69, 9.17) is 4.74 Å². The number of anilines is 1. The molecule has 0 radical (unpaired) electrons. The number of carbonyl (C=O) groups is 5. The van der Waals surface area contributed by atoms with Gasteiger partial charge in [0.1, 0.15) is 11.8 Å². The highest BCUT2D eigenvalue weighted by Gasteiger charge is 2.46. The van der Waals surface area contributed by atoms with Crippen LogP contribution in [-0.4, -0.2) is 76.2 Å². The van der Waals surface area contributed by atoms with E-state index in [-0.39, 0.29) is 54.7 Å². The van der Waals surface area contributed by atoms with Crippen LogP contribution in [0.2, 0.25) is 0 Å². The maximum absolute atomic E-state index is 13.1. The summed E-state index contributed by atoms with van der Waals surface area (Å²) in [6.45, 7) is 1.70. The lowest BCUT2D eigenvalue weighted by Gasteiger charge is -2.32. The first-order chi connectivity index (χ1) is 18.4. The summed E-state index contributed by atoms with van der Waals surface area (Å²) >= 11 is 0. The van der Waals surface area contributed by atoms with E-state index in [9.17, 15) is 24.0 Å². The number of hydrogen-bond acceptors (Lipinski definition) is 9. The molecule has 198 valence electrons. The fraction of sp³-hybridized carbons (Fsp3) is 0.423. The Morgan fingerprint density at radius 1 is 1.03 bits per heavy atom. The molecule has 3 aliphatic rings. The summed E-state index contributed by atoms with van der Waals surface area (Å²) in [5.74, 6) is -1.45. The van der Waals surface area contributed by atoms with Crippen molar-refractivity contribution in [3.05, 3.63) is 47.8 Å². The smallest absolute Gasteiger partial charge is 0.266 e. The second kappa shape index (κ2) is 11.0. The number of piperidine rings is 2. The van der Waals surface area contributed by atoms with Gasteiger partial charge >= 0.3 is 0 Å². The van der Waals surface area contributed by atoms with Gasteiger partial charge in [0.2, 0.25) is 23.7 Å². The number of aromatic nitrogens is 2. The van der Waals surface area contributed by atoms with Crippen molar-refractivity contribution in [3.8, 4) is 5.75 Å². The van der Waals surface area contributed by atoms with Crippen LogP contribution in [0.15, 0.2) is 36.7 Å². The molecule has 5 rings (SSSR count). The Kier molecular flexibility index (Phi) is 7.29. The molecule has 2 aromatic rings. The first kappa shape index (κ1) is 25.3. The number of nitrogens with zero attached hydrogens (tertiary/aromatic N) is 4. The summed E-state index contributed by atoms with van der Waals surface area (Å²) in [4.78, 5) is 73.8. The Morgan fingerprint density at radius 2 is 1.79 bits per heavy atom. The maximum Gasteiger partial charge on any atom is 0.266 e. The number of nitrogens with one attached hydrogen (secondary N) is 2. The van der Waals surface area contributed by atoms with Crippen LogP contribution in [0.4, 0.5) is 5.95 Å². The molecule has 0 spiro atoms. The number of hydrogen-bond donors (Lipinski definition) is 2. The minimum atomic E-state index is -1.04. The van der Waals surface area contributed by atoms with Crippen LogP contribution in [0.25, 0.3) is 0 Å². The van der Waals surface area contributed by atoms with Crippen LogP contribution in [0, 0.1) is 0 Å². The molecule has 12 heteroatoms. The summed E-state index contributed by atoms with van der Waals surface area (Å²) in [5, 5.41) is 5.24. The summed E-state index contributed by atoms with van der Waals surface area (Å²) in [6.07, 6.45) is 5.84. The molecule has 0 aliphatic carbocycles. The van der Waals surface area contributed by atoms with E-state index < -0.39 is 29.7 Å². The lowest BCUT2D eigenvalue weighted by Crippen LogP contribution is -2.54. The highest BCUT2D eigenvalue weighted by atomic mass is 16.5. The normalized spacial score (nSPS) is 19.8. The number of rotatable bonds is 8. The first-order valence-electron chi connectivity index (χ1n) is 12.7. The molecule has 2 N–H and O–H groups in total. The van der Waals surface area contributed by atoms with Crippen molar-refractivity contribution in [1.82, 2.24) is 25.5 Å². The fourth-order valence-corrected chi connectivity index (χ4v) is 5.00. The number of ether oxygens (including phenoxy) is 1. The van der Waals surface area contributed by atoms with Crippen LogP contribution in [0.1, 0.15) is 59.2 Å². The van der Waals surface area contributed by atoms with Gasteiger partial charge in [0.05, 0.1) is 17.7 Å². The highest BCUT2D eigenvalue weighted by Crippen LogP contribution is 2.33. The Hall–Kier alpha value is -4.35. The third kappa shape index (κ3) is 5.20. The van der Waals surface area contributed by atoms with E-state index in [0.29, 0.717) is 12.4 Å². The van der Waals surface area contributed by atoms with Crippen molar-refractivity contribution < 1.29 is 28.7 Å². The number of amides is 5. The Bertz CT molecular complexity index is 1260. The van der Waals surface area contributed by atoms with Gasteiger partial charge in [0, 0.05) is 44.4 Å². The summed E-state index contributed by atoms with van der Waals surface area (Å²) in [7, 11) is 0. The molecule has 2 saturated heterocycles. The SMILES string of the molecule is O=C1CCC(N2C(=O)c3cccc(OCCCC(=O)NC4CCN(c5ncccn5)CC4)c3C2=O)C(=O)N1. The molecule has 4 heterocycles. The molecule has 5 amide bonds. The zero-order valence-electron chi connectivity index (χ0n) is 20.7. The van der Waals surface area contributed by atoms with Gasteiger partial charge in [-0.1, -0.05) is 6.07 Å². The Morgan fingerprint density at radius 3 is 2.53 bits per heavy atom. The fourth-order valence-electron chi connectivity index (χ4n) is 5.00. The Balaban J connectivity index is 1.10. The summed E-state index contributed by atoms with van der Waals surface area (Å²) in [5.41, 5.74) is 0.253. The minimum Gasteiger partial charge on any atom is -0.493 e. The van der Waals surface area contributed by atoms with Gasteiger partial charge in [0.25, 0.3) is 11.8 Å². The number of carbonyl (C=O) groups excluding carboxylic acids is 5. The molecular weight excluding hydrogens is 492 g/mol. The van der Waals surface area contributed by atoms with Crippen LogP contribution in [0.5, 0.6) is 5.75 Å². The zero-order chi connectivity index (χ0) is 26.6. The molecule has 1 unspecified atom stereocenters. The molecule has 1 atom stereocenters. The molecular formula is C26H28N6O6. The summed E-state index contributed by atoms with van der Waals surface area (Å²) in [6, 6.07) is 5.52. The van der Waals surface area contributed by atoms with E-state index >= 15 is 0 Å². The zero-order valence-corrected chi connectivity index (χ0v) is 20.7. The third-order valence-corrected chi connectivity index (χ3v) is 6.93. The molecule has 3 aliphatic heterocycles. The van der Waals surface area contributed by atoms with Crippen molar-refractivity contribution >= 4 is 35.5 Å². The lowest BCUT2D eigenvalue weighted by molar-refractivity contribution is -0.136. The highest BCUT2D eigenvalue weighted by molar-refractivity contribution is 6.24. The maximum atomic E-state index is 13.1. The molecule has 1 aromatic heterocycles. The van der Waals surface area contributed by atoms with Gasteiger partial charge in [-0.3, -0.25) is 34.2 Å². The van der Waals surface area contributed by atoms with Gasteiger partial charge in [-0.15, -0.1) is 0 Å². The quantitative estimate of drug-likeness (QED) is 0.381. The number of benzene rings is 1. The van der Waals surface area contributed by atoms with E-state index in [1.165, 1.54) is 6.07 Å². The molecule has 1 aromatic carbocycles. The van der Waals surface area contributed by atoms with Crippen LogP contribution >= 0.6 is 0 Å². The summed E-state index contributed by atoms with van der Waals surface area (Å²) < 4.78 is 5.80. The number of fused-ring (bicyclic) bond motifs is 1. The van der Waals surface area contributed by atoms with Crippen molar-refractivity contribution in [2.24, 2.45) is 0 Å².